The monoisotopic (exact) mass is 430 g/mol. The van der Waals surface area contributed by atoms with E-state index in [2.05, 4.69) is 20.1 Å². The number of aromatic nitrogens is 6. The van der Waals surface area contributed by atoms with E-state index < -0.39 is 0 Å². The second kappa shape index (κ2) is 8.97. The summed E-state index contributed by atoms with van der Waals surface area (Å²) >= 11 is 1.61. The Morgan fingerprint density at radius 3 is 2.42 bits per heavy atom. The third-order valence-corrected chi connectivity index (χ3v) is 5.52. The molecular weight excluding hydrogens is 412 g/mol. The van der Waals surface area contributed by atoms with E-state index in [4.69, 9.17) is 18.9 Å². The van der Waals surface area contributed by atoms with Gasteiger partial charge >= 0.3 is 0 Å². The Bertz CT molecular complexity index is 1170. The normalized spacial score (nSPS) is 11.1. The van der Waals surface area contributed by atoms with Crippen LogP contribution >= 0.6 is 11.3 Å². The molecule has 0 saturated carbocycles. The third kappa shape index (κ3) is 4.72. The van der Waals surface area contributed by atoms with E-state index in [-0.39, 0.29) is 0 Å². The van der Waals surface area contributed by atoms with Crippen LogP contribution in [0.2, 0.25) is 0 Å². The molecule has 5 rings (SSSR count). The van der Waals surface area contributed by atoms with Crippen molar-refractivity contribution in [2.45, 2.75) is 25.7 Å². The summed E-state index contributed by atoms with van der Waals surface area (Å²) in [5.41, 5.74) is 4.49. The number of pyridine rings is 1. The Hall–Kier alpha value is -3.72. The summed E-state index contributed by atoms with van der Waals surface area (Å²) in [5.74, 6) is 1.31. The summed E-state index contributed by atoms with van der Waals surface area (Å²) < 4.78 is 10.5. The average Bonchev–Trinajstić information content (AvgIpc) is 3.55. The van der Waals surface area contributed by atoms with Crippen LogP contribution in [0, 0.1) is 0 Å². The van der Waals surface area contributed by atoms with Crippen molar-refractivity contribution in [3.63, 3.8) is 0 Å². The predicted octanol–water partition coefficient (Wildman–Crippen LogP) is 3.67. The van der Waals surface area contributed by atoms with E-state index in [1.54, 1.807) is 42.5 Å². The zero-order chi connectivity index (χ0) is 20.9. The fraction of sp³-hybridized carbons (Fsp3) is 0.182. The summed E-state index contributed by atoms with van der Waals surface area (Å²) in [6.07, 6.45) is 10.5. The lowest BCUT2D eigenvalue weighted by atomic mass is 10.0. The molecule has 0 spiro atoms. The van der Waals surface area contributed by atoms with E-state index >= 15 is 0 Å². The number of hydrogen-bond donors (Lipinski definition) is 0. The molecule has 8 nitrogen and oxygen atoms in total. The Balaban J connectivity index is 1.59. The average molecular weight is 430 g/mol. The molecule has 0 bridgehead atoms. The molecule has 5 aromatic heterocycles. The number of nitrogens with zero attached hydrogens (tertiary/aromatic N) is 6. The molecule has 0 saturated heterocycles. The molecule has 0 unspecified atom stereocenters. The van der Waals surface area contributed by atoms with Gasteiger partial charge < -0.3 is 8.94 Å². The van der Waals surface area contributed by atoms with Crippen LogP contribution in [0.3, 0.4) is 0 Å². The highest BCUT2D eigenvalue weighted by Crippen LogP contribution is 2.23. The zero-order valence-corrected chi connectivity index (χ0v) is 17.3. The first-order valence-corrected chi connectivity index (χ1v) is 10.6. The van der Waals surface area contributed by atoms with Crippen LogP contribution in [-0.4, -0.2) is 30.1 Å². The van der Waals surface area contributed by atoms with E-state index in [1.807, 2.05) is 29.6 Å². The van der Waals surface area contributed by atoms with E-state index in [1.165, 1.54) is 0 Å². The van der Waals surface area contributed by atoms with Crippen molar-refractivity contribution in [2.24, 2.45) is 0 Å². The number of rotatable bonds is 8. The highest BCUT2D eigenvalue weighted by Gasteiger charge is 2.19. The van der Waals surface area contributed by atoms with Crippen LogP contribution in [0.25, 0.3) is 0 Å². The molecule has 0 fully saturated rings. The lowest BCUT2D eigenvalue weighted by Crippen LogP contribution is -2.13. The van der Waals surface area contributed by atoms with E-state index in [0.29, 0.717) is 37.4 Å². The smallest absolute Gasteiger partial charge is 0.199 e. The van der Waals surface area contributed by atoms with Gasteiger partial charge in [0.25, 0.3) is 0 Å². The van der Waals surface area contributed by atoms with Crippen LogP contribution in [0.4, 0.5) is 0 Å². The molecule has 0 aliphatic heterocycles. The number of thiazole rings is 1. The fourth-order valence-electron chi connectivity index (χ4n) is 3.36. The molecule has 5 aromatic rings. The van der Waals surface area contributed by atoms with Gasteiger partial charge in [0.2, 0.25) is 0 Å². The Labute approximate surface area is 182 Å². The third-order valence-electron chi connectivity index (χ3n) is 4.74. The minimum absolute atomic E-state index is 0.461. The summed E-state index contributed by atoms with van der Waals surface area (Å²) in [5, 5.41) is 7.05. The Kier molecular flexibility index (Phi) is 5.57. The molecule has 0 atom stereocenters. The summed E-state index contributed by atoms with van der Waals surface area (Å²) in [6.45, 7) is 0. The van der Waals surface area contributed by atoms with E-state index in [0.717, 1.165) is 33.3 Å². The van der Waals surface area contributed by atoms with Crippen LogP contribution in [0.15, 0.2) is 69.7 Å². The van der Waals surface area contributed by atoms with Crippen molar-refractivity contribution in [1.82, 2.24) is 30.1 Å². The van der Waals surface area contributed by atoms with Gasteiger partial charge in [0, 0.05) is 47.9 Å². The molecular formula is C22H18N6O2S. The van der Waals surface area contributed by atoms with Gasteiger partial charge in [-0.2, -0.15) is 0 Å². The maximum absolute atomic E-state index is 5.50. The highest BCUT2D eigenvalue weighted by atomic mass is 32.1. The standard InChI is InChI=1S/C22H18N6O2S/c1-2-5-23-15(3-1)12-20-26-18(13-21-24-6-9-29-21)17(11-16-4-8-30-28-16)19(27-20)14-22-25-7-10-31-22/h1-10H,11-14H2. The van der Waals surface area contributed by atoms with Crippen molar-refractivity contribution in [1.29, 1.82) is 0 Å². The summed E-state index contributed by atoms with van der Waals surface area (Å²) in [7, 11) is 0. The first kappa shape index (κ1) is 19.3. The van der Waals surface area contributed by atoms with Gasteiger partial charge in [0.05, 0.1) is 41.1 Å². The van der Waals surface area contributed by atoms with Crippen molar-refractivity contribution < 1.29 is 8.94 Å². The van der Waals surface area contributed by atoms with Crippen LogP contribution in [-0.2, 0) is 25.7 Å². The SMILES string of the molecule is c1ccc(Cc2nc(Cc3ncco3)c(Cc3ccon3)c(Cc3nccs3)n2)nc1. The maximum atomic E-state index is 5.50. The Morgan fingerprint density at radius 2 is 1.71 bits per heavy atom. The fourth-order valence-corrected chi connectivity index (χ4v) is 3.98. The number of oxazole rings is 1. The van der Waals surface area contributed by atoms with Gasteiger partial charge in [-0.3, -0.25) is 4.98 Å². The quantitative estimate of drug-likeness (QED) is 0.367. The number of hydrogen-bond acceptors (Lipinski definition) is 9. The van der Waals surface area contributed by atoms with Crippen molar-refractivity contribution in [3.8, 4) is 0 Å². The molecule has 5 heterocycles. The van der Waals surface area contributed by atoms with E-state index in [9.17, 15) is 0 Å². The van der Waals surface area contributed by atoms with Crippen molar-refractivity contribution >= 4 is 11.3 Å². The summed E-state index contributed by atoms with van der Waals surface area (Å²) in [4.78, 5) is 23.0. The molecule has 0 amide bonds. The Morgan fingerprint density at radius 1 is 0.774 bits per heavy atom. The second-order valence-electron chi connectivity index (χ2n) is 6.88. The van der Waals surface area contributed by atoms with Crippen LogP contribution in [0.1, 0.15) is 45.1 Å². The molecule has 154 valence electrons. The van der Waals surface area contributed by atoms with Gasteiger partial charge in [0.15, 0.2) is 5.89 Å². The lowest BCUT2D eigenvalue weighted by molar-refractivity contribution is 0.413. The molecule has 9 heteroatoms. The molecule has 0 aliphatic rings. The maximum Gasteiger partial charge on any atom is 0.199 e. The minimum Gasteiger partial charge on any atom is -0.449 e. The van der Waals surface area contributed by atoms with Crippen molar-refractivity contribution in [3.05, 3.63) is 106 Å². The second-order valence-corrected chi connectivity index (χ2v) is 7.86. The van der Waals surface area contributed by atoms with Crippen molar-refractivity contribution in [2.75, 3.05) is 0 Å². The molecule has 0 aliphatic carbocycles. The molecule has 0 N–H and O–H groups in total. The zero-order valence-electron chi connectivity index (χ0n) is 16.5. The van der Waals surface area contributed by atoms with Gasteiger partial charge in [-0.1, -0.05) is 11.2 Å². The molecule has 0 aromatic carbocycles. The van der Waals surface area contributed by atoms with Gasteiger partial charge in [-0.25, -0.2) is 19.9 Å². The van der Waals surface area contributed by atoms with Crippen LogP contribution < -0.4 is 0 Å². The molecule has 31 heavy (non-hydrogen) atoms. The first-order chi connectivity index (χ1) is 15.3. The predicted molar refractivity (Wildman–Crippen MR) is 113 cm³/mol. The van der Waals surface area contributed by atoms with Crippen LogP contribution in [0.5, 0.6) is 0 Å². The topological polar surface area (TPSA) is 104 Å². The lowest BCUT2D eigenvalue weighted by Gasteiger charge is -2.14. The summed E-state index contributed by atoms with van der Waals surface area (Å²) in [6, 6.07) is 7.68. The largest absolute Gasteiger partial charge is 0.449 e. The van der Waals surface area contributed by atoms with Gasteiger partial charge in [0.1, 0.15) is 18.4 Å². The van der Waals surface area contributed by atoms with Gasteiger partial charge in [-0.05, 0) is 12.1 Å². The first-order valence-electron chi connectivity index (χ1n) is 9.77. The van der Waals surface area contributed by atoms with Gasteiger partial charge in [-0.15, -0.1) is 11.3 Å². The molecule has 0 radical (unpaired) electrons. The highest BCUT2D eigenvalue weighted by molar-refractivity contribution is 7.09. The minimum atomic E-state index is 0.461.